The summed E-state index contributed by atoms with van der Waals surface area (Å²) < 4.78 is 5.62. The molecular formula is C9H18O. The third-order valence-electron chi connectivity index (χ3n) is 2.65. The second-order valence-electron chi connectivity index (χ2n) is 3.49. The zero-order valence-electron chi connectivity index (χ0n) is 7.26. The van der Waals surface area contributed by atoms with Gasteiger partial charge in [0.25, 0.3) is 0 Å². The first-order valence-corrected chi connectivity index (χ1v) is 4.37. The monoisotopic (exact) mass is 142 g/mol. The molecule has 1 heterocycles. The van der Waals surface area contributed by atoms with Gasteiger partial charge in [0.1, 0.15) is 0 Å². The molecule has 60 valence electrons. The fourth-order valence-electron chi connectivity index (χ4n) is 1.68. The van der Waals surface area contributed by atoms with Crippen LogP contribution in [0.2, 0.25) is 0 Å². The first-order valence-electron chi connectivity index (χ1n) is 4.37. The topological polar surface area (TPSA) is 9.23 Å². The highest BCUT2D eigenvalue weighted by Crippen LogP contribution is 2.27. The lowest BCUT2D eigenvalue weighted by Crippen LogP contribution is -2.21. The molecule has 3 atom stereocenters. The molecule has 0 bridgehead atoms. The Bertz CT molecular complexity index is 101. The molecule has 0 spiro atoms. The van der Waals surface area contributed by atoms with Crippen LogP contribution in [0.5, 0.6) is 0 Å². The maximum atomic E-state index is 5.62. The van der Waals surface area contributed by atoms with Crippen LogP contribution in [-0.2, 0) is 4.74 Å². The summed E-state index contributed by atoms with van der Waals surface area (Å²) in [5.74, 6) is 1.53. The van der Waals surface area contributed by atoms with E-state index in [1.54, 1.807) is 0 Å². The van der Waals surface area contributed by atoms with Crippen molar-refractivity contribution in [3.63, 3.8) is 0 Å². The summed E-state index contributed by atoms with van der Waals surface area (Å²) >= 11 is 0. The van der Waals surface area contributed by atoms with Gasteiger partial charge in [-0.25, -0.2) is 0 Å². The molecule has 1 fully saturated rings. The van der Waals surface area contributed by atoms with Gasteiger partial charge < -0.3 is 4.74 Å². The molecule has 1 nitrogen and oxygen atoms in total. The summed E-state index contributed by atoms with van der Waals surface area (Å²) in [7, 11) is 0. The molecule has 0 aromatic rings. The van der Waals surface area contributed by atoms with Gasteiger partial charge in [0.2, 0.25) is 0 Å². The van der Waals surface area contributed by atoms with Gasteiger partial charge in [0.15, 0.2) is 0 Å². The third-order valence-corrected chi connectivity index (χ3v) is 2.65. The second-order valence-corrected chi connectivity index (χ2v) is 3.49. The Labute approximate surface area is 63.8 Å². The Balaban J connectivity index is 2.38. The van der Waals surface area contributed by atoms with Crippen LogP contribution in [-0.4, -0.2) is 12.7 Å². The van der Waals surface area contributed by atoms with Crippen molar-refractivity contribution >= 4 is 0 Å². The largest absolute Gasteiger partial charge is 0.378 e. The Morgan fingerprint density at radius 2 is 2.30 bits per heavy atom. The Morgan fingerprint density at radius 1 is 1.60 bits per heavy atom. The van der Waals surface area contributed by atoms with Gasteiger partial charge in [-0.3, -0.25) is 0 Å². The predicted octanol–water partition coefficient (Wildman–Crippen LogP) is 2.46. The Kier molecular flexibility index (Phi) is 2.72. The van der Waals surface area contributed by atoms with Gasteiger partial charge >= 0.3 is 0 Å². The molecule has 0 aromatic carbocycles. The zero-order chi connectivity index (χ0) is 7.56. The molecule has 1 rings (SSSR count). The van der Waals surface area contributed by atoms with Gasteiger partial charge in [-0.2, -0.15) is 0 Å². The van der Waals surface area contributed by atoms with Crippen molar-refractivity contribution in [3.8, 4) is 0 Å². The minimum Gasteiger partial charge on any atom is -0.378 e. The van der Waals surface area contributed by atoms with Gasteiger partial charge in [0, 0.05) is 6.61 Å². The molecule has 10 heavy (non-hydrogen) atoms. The molecule has 0 aromatic heterocycles. The van der Waals surface area contributed by atoms with Crippen LogP contribution in [0.3, 0.4) is 0 Å². The van der Waals surface area contributed by atoms with E-state index in [-0.39, 0.29) is 0 Å². The van der Waals surface area contributed by atoms with Gasteiger partial charge in [-0.05, 0) is 18.3 Å². The summed E-state index contributed by atoms with van der Waals surface area (Å²) in [6, 6.07) is 0. The number of ether oxygens (including phenoxy) is 1. The highest BCUT2D eigenvalue weighted by atomic mass is 16.5. The van der Waals surface area contributed by atoms with Gasteiger partial charge in [0.05, 0.1) is 6.10 Å². The van der Waals surface area contributed by atoms with Crippen LogP contribution in [0.4, 0.5) is 0 Å². The fraction of sp³-hybridized carbons (Fsp3) is 1.00. The van der Waals surface area contributed by atoms with Crippen molar-refractivity contribution < 1.29 is 4.74 Å². The van der Waals surface area contributed by atoms with E-state index < -0.39 is 0 Å². The third kappa shape index (κ3) is 1.51. The van der Waals surface area contributed by atoms with Crippen LogP contribution in [0.15, 0.2) is 0 Å². The lowest BCUT2D eigenvalue weighted by Gasteiger charge is -2.20. The van der Waals surface area contributed by atoms with Crippen molar-refractivity contribution in [2.24, 2.45) is 11.8 Å². The summed E-state index contributed by atoms with van der Waals surface area (Å²) in [6.07, 6.45) is 3.05. The molecule has 1 aliphatic heterocycles. The van der Waals surface area contributed by atoms with Crippen LogP contribution in [0.1, 0.15) is 33.6 Å². The molecule has 0 N–H and O–H groups in total. The van der Waals surface area contributed by atoms with E-state index in [4.69, 9.17) is 4.74 Å². The highest BCUT2D eigenvalue weighted by Gasteiger charge is 2.27. The van der Waals surface area contributed by atoms with Crippen molar-refractivity contribution in [1.82, 2.24) is 0 Å². The molecule has 0 aliphatic carbocycles. The maximum Gasteiger partial charge on any atom is 0.0626 e. The Hall–Kier alpha value is -0.0400. The second kappa shape index (κ2) is 3.38. The number of hydrogen-bond acceptors (Lipinski definition) is 1. The predicted molar refractivity (Wildman–Crippen MR) is 43.0 cm³/mol. The summed E-state index contributed by atoms with van der Waals surface area (Å²) in [5, 5.41) is 0. The van der Waals surface area contributed by atoms with E-state index in [0.717, 1.165) is 18.4 Å². The lowest BCUT2D eigenvalue weighted by atomic mass is 9.92. The minimum atomic E-state index is 0.546. The number of rotatable bonds is 2. The van der Waals surface area contributed by atoms with Crippen LogP contribution >= 0.6 is 0 Å². The first-order chi connectivity index (χ1) is 4.75. The fourth-order valence-corrected chi connectivity index (χ4v) is 1.68. The van der Waals surface area contributed by atoms with E-state index >= 15 is 0 Å². The number of hydrogen-bond donors (Lipinski definition) is 0. The molecule has 0 amide bonds. The van der Waals surface area contributed by atoms with E-state index in [1.807, 2.05) is 0 Å². The molecule has 1 heteroatoms. The standard InChI is InChI=1S/C9H18O/c1-4-7(2)9-8(3)5-6-10-9/h7-9H,4-6H2,1-3H3. The summed E-state index contributed by atoms with van der Waals surface area (Å²) in [5.41, 5.74) is 0. The van der Waals surface area contributed by atoms with E-state index in [1.165, 1.54) is 12.8 Å². The van der Waals surface area contributed by atoms with Crippen LogP contribution < -0.4 is 0 Å². The normalized spacial score (nSPS) is 36.3. The van der Waals surface area contributed by atoms with Crippen molar-refractivity contribution in [3.05, 3.63) is 0 Å². The van der Waals surface area contributed by atoms with E-state index in [9.17, 15) is 0 Å². The maximum absolute atomic E-state index is 5.62. The molecular weight excluding hydrogens is 124 g/mol. The molecule has 0 radical (unpaired) electrons. The van der Waals surface area contributed by atoms with Crippen molar-refractivity contribution in [1.29, 1.82) is 0 Å². The van der Waals surface area contributed by atoms with Crippen molar-refractivity contribution in [2.75, 3.05) is 6.61 Å². The quantitative estimate of drug-likeness (QED) is 0.575. The van der Waals surface area contributed by atoms with Gasteiger partial charge in [-0.1, -0.05) is 27.2 Å². The van der Waals surface area contributed by atoms with E-state index in [0.29, 0.717) is 6.10 Å². The molecule has 1 saturated heterocycles. The molecule has 0 saturated carbocycles. The lowest BCUT2D eigenvalue weighted by molar-refractivity contribution is 0.0501. The summed E-state index contributed by atoms with van der Waals surface area (Å²) in [6.45, 7) is 7.80. The Morgan fingerprint density at radius 3 is 2.70 bits per heavy atom. The average molecular weight is 142 g/mol. The SMILES string of the molecule is CCC(C)C1OCCC1C. The van der Waals surface area contributed by atoms with Gasteiger partial charge in [-0.15, -0.1) is 0 Å². The smallest absolute Gasteiger partial charge is 0.0626 e. The molecule has 3 unspecified atom stereocenters. The van der Waals surface area contributed by atoms with Crippen molar-refractivity contribution in [2.45, 2.75) is 39.7 Å². The molecule has 1 aliphatic rings. The highest BCUT2D eigenvalue weighted by molar-refractivity contribution is 4.76. The van der Waals surface area contributed by atoms with Crippen LogP contribution in [0, 0.1) is 11.8 Å². The summed E-state index contributed by atoms with van der Waals surface area (Å²) in [4.78, 5) is 0. The minimum absolute atomic E-state index is 0.546. The van der Waals surface area contributed by atoms with E-state index in [2.05, 4.69) is 20.8 Å². The average Bonchev–Trinajstić information content (AvgIpc) is 2.34. The first kappa shape index (κ1) is 8.06. The zero-order valence-corrected chi connectivity index (χ0v) is 7.26. The van der Waals surface area contributed by atoms with Crippen LogP contribution in [0.25, 0.3) is 0 Å².